The first-order chi connectivity index (χ1) is 10.4. The Bertz CT molecular complexity index is 679. The van der Waals surface area contributed by atoms with E-state index >= 15 is 0 Å². The van der Waals surface area contributed by atoms with Crippen LogP contribution in [0.4, 0.5) is 0 Å². The topological polar surface area (TPSA) is 43.1 Å². The molecule has 2 nitrogen and oxygen atoms in total. The number of halogens is 1. The molecule has 0 heterocycles. The smallest absolute Gasteiger partial charge is 0.249 e. The second-order valence-corrected chi connectivity index (χ2v) is 6.94. The normalized spacial score (nSPS) is 12.4. The van der Waals surface area contributed by atoms with Gasteiger partial charge >= 0.3 is 0 Å². The van der Waals surface area contributed by atoms with Crippen molar-refractivity contribution in [2.24, 2.45) is 11.7 Å². The molecule has 2 aromatic carbocycles. The van der Waals surface area contributed by atoms with Crippen molar-refractivity contribution in [1.82, 2.24) is 0 Å². The zero-order chi connectivity index (χ0) is 16.3. The lowest BCUT2D eigenvalue weighted by Crippen LogP contribution is -2.12. The number of hydrogen-bond donors (Lipinski definition) is 1. The molecule has 0 saturated heterocycles. The van der Waals surface area contributed by atoms with Gasteiger partial charge in [-0.3, -0.25) is 4.79 Å². The lowest BCUT2D eigenvalue weighted by molar-refractivity contribution is 0.0999. The fourth-order valence-electron chi connectivity index (χ4n) is 2.94. The average molecular weight is 360 g/mol. The maximum Gasteiger partial charge on any atom is 0.249 e. The monoisotopic (exact) mass is 359 g/mol. The Balaban J connectivity index is 2.55. The molecule has 0 radical (unpaired) electrons. The summed E-state index contributed by atoms with van der Waals surface area (Å²) in [7, 11) is 0. The Morgan fingerprint density at radius 1 is 1.05 bits per heavy atom. The Kier molecular flexibility index (Phi) is 5.41. The number of carbonyl (C=O) groups is 1. The summed E-state index contributed by atoms with van der Waals surface area (Å²) in [6.07, 6.45) is 1.13. The fourth-order valence-corrected chi connectivity index (χ4v) is 3.61. The van der Waals surface area contributed by atoms with E-state index in [1.807, 2.05) is 18.2 Å². The van der Waals surface area contributed by atoms with Gasteiger partial charge in [0.25, 0.3) is 0 Å². The molecule has 0 aromatic heterocycles. The van der Waals surface area contributed by atoms with Gasteiger partial charge in [0.15, 0.2) is 0 Å². The number of primary amides is 1. The molecule has 0 fully saturated rings. The van der Waals surface area contributed by atoms with Gasteiger partial charge in [-0.25, -0.2) is 0 Å². The molecule has 2 N–H and O–H groups in total. The van der Waals surface area contributed by atoms with Crippen LogP contribution in [0.2, 0.25) is 0 Å². The molecule has 2 aromatic rings. The van der Waals surface area contributed by atoms with E-state index in [0.717, 1.165) is 22.0 Å². The molecule has 2 rings (SSSR count). The Morgan fingerprint density at radius 2 is 1.68 bits per heavy atom. The lowest BCUT2D eigenvalue weighted by Gasteiger charge is -2.19. The zero-order valence-corrected chi connectivity index (χ0v) is 14.9. The summed E-state index contributed by atoms with van der Waals surface area (Å²) in [6, 6.07) is 14.0. The number of nitrogens with two attached hydrogens (primary N) is 1. The van der Waals surface area contributed by atoms with E-state index in [0.29, 0.717) is 17.4 Å². The van der Waals surface area contributed by atoms with E-state index in [-0.39, 0.29) is 0 Å². The molecule has 1 amide bonds. The van der Waals surface area contributed by atoms with Crippen LogP contribution < -0.4 is 5.73 Å². The standard InChI is InChI=1S/C19H22BrNO/c1-12(2)11-13(3)14-7-4-5-8-15(14)16-9-6-10-17(18(16)20)19(21)22/h4-10,12-13H,11H2,1-3H3,(H2,21,22). The van der Waals surface area contributed by atoms with Crippen molar-refractivity contribution >= 4 is 21.8 Å². The van der Waals surface area contributed by atoms with Crippen LogP contribution in [-0.2, 0) is 0 Å². The Morgan fingerprint density at radius 3 is 2.32 bits per heavy atom. The molecule has 0 aliphatic heterocycles. The van der Waals surface area contributed by atoms with Crippen molar-refractivity contribution in [2.45, 2.75) is 33.1 Å². The van der Waals surface area contributed by atoms with Gasteiger partial charge in [0.05, 0.1) is 5.56 Å². The highest BCUT2D eigenvalue weighted by atomic mass is 79.9. The first-order valence-electron chi connectivity index (χ1n) is 7.59. The number of rotatable bonds is 5. The van der Waals surface area contributed by atoms with E-state index < -0.39 is 5.91 Å². The predicted octanol–water partition coefficient (Wildman–Crippen LogP) is 5.36. The van der Waals surface area contributed by atoms with Crippen LogP contribution in [0.1, 0.15) is 49.0 Å². The number of carbonyl (C=O) groups excluding carboxylic acids is 1. The van der Waals surface area contributed by atoms with Gasteiger partial charge in [0.2, 0.25) is 5.91 Å². The second-order valence-electron chi connectivity index (χ2n) is 6.15. The van der Waals surface area contributed by atoms with Gasteiger partial charge in [-0.1, -0.05) is 57.2 Å². The highest BCUT2D eigenvalue weighted by Crippen LogP contribution is 2.37. The van der Waals surface area contributed by atoms with Gasteiger partial charge in [0.1, 0.15) is 0 Å². The zero-order valence-electron chi connectivity index (χ0n) is 13.3. The highest BCUT2D eigenvalue weighted by Gasteiger charge is 2.17. The maximum absolute atomic E-state index is 11.6. The van der Waals surface area contributed by atoms with Crippen LogP contribution in [0.15, 0.2) is 46.9 Å². The third-order valence-corrected chi connectivity index (χ3v) is 4.73. The van der Waals surface area contributed by atoms with E-state index in [9.17, 15) is 4.79 Å². The van der Waals surface area contributed by atoms with Gasteiger partial charge < -0.3 is 5.73 Å². The third-order valence-electron chi connectivity index (χ3n) is 3.87. The number of hydrogen-bond acceptors (Lipinski definition) is 1. The first-order valence-corrected chi connectivity index (χ1v) is 8.38. The van der Waals surface area contributed by atoms with Crippen LogP contribution in [0.25, 0.3) is 11.1 Å². The van der Waals surface area contributed by atoms with Crippen molar-refractivity contribution in [3.05, 3.63) is 58.1 Å². The summed E-state index contributed by atoms with van der Waals surface area (Å²) in [5.41, 5.74) is 9.45. The molecule has 0 aliphatic rings. The first kappa shape index (κ1) is 16.8. The predicted molar refractivity (Wildman–Crippen MR) is 96.0 cm³/mol. The molecule has 0 spiro atoms. The van der Waals surface area contributed by atoms with Crippen molar-refractivity contribution in [2.75, 3.05) is 0 Å². The fraction of sp³-hybridized carbons (Fsp3) is 0.316. The van der Waals surface area contributed by atoms with Gasteiger partial charge in [-0.2, -0.15) is 0 Å². The van der Waals surface area contributed by atoms with Gasteiger partial charge in [-0.15, -0.1) is 0 Å². The molecule has 1 atom stereocenters. The number of benzene rings is 2. The van der Waals surface area contributed by atoms with Crippen LogP contribution >= 0.6 is 15.9 Å². The van der Waals surface area contributed by atoms with Crippen LogP contribution in [0, 0.1) is 5.92 Å². The molecular formula is C19H22BrNO. The molecule has 0 bridgehead atoms. The van der Waals surface area contributed by atoms with E-state index in [2.05, 4.69) is 54.9 Å². The van der Waals surface area contributed by atoms with E-state index in [4.69, 9.17) is 5.73 Å². The van der Waals surface area contributed by atoms with Crippen molar-refractivity contribution in [1.29, 1.82) is 0 Å². The summed E-state index contributed by atoms with van der Waals surface area (Å²) in [5, 5.41) is 0. The van der Waals surface area contributed by atoms with Crippen molar-refractivity contribution < 1.29 is 4.79 Å². The minimum Gasteiger partial charge on any atom is -0.366 e. The minimum atomic E-state index is -0.415. The van der Waals surface area contributed by atoms with E-state index in [1.165, 1.54) is 5.56 Å². The Labute approximate surface area is 140 Å². The van der Waals surface area contributed by atoms with Crippen LogP contribution in [0.5, 0.6) is 0 Å². The molecule has 22 heavy (non-hydrogen) atoms. The summed E-state index contributed by atoms with van der Waals surface area (Å²) in [4.78, 5) is 11.6. The van der Waals surface area contributed by atoms with Crippen molar-refractivity contribution in [3.63, 3.8) is 0 Å². The molecule has 0 saturated carbocycles. The van der Waals surface area contributed by atoms with Gasteiger partial charge in [-0.05, 0) is 56.9 Å². The summed E-state index contributed by atoms with van der Waals surface area (Å²) in [6.45, 7) is 6.73. The Hall–Kier alpha value is -1.61. The SMILES string of the molecule is CC(C)CC(C)c1ccccc1-c1cccc(C(N)=O)c1Br. The molecule has 1 unspecified atom stereocenters. The highest BCUT2D eigenvalue weighted by molar-refractivity contribution is 9.10. The quantitative estimate of drug-likeness (QED) is 0.766. The summed E-state index contributed by atoms with van der Waals surface area (Å²) >= 11 is 3.55. The van der Waals surface area contributed by atoms with Crippen molar-refractivity contribution in [3.8, 4) is 11.1 Å². The van der Waals surface area contributed by atoms with E-state index in [1.54, 1.807) is 6.07 Å². The molecule has 116 valence electrons. The molecule has 0 aliphatic carbocycles. The largest absolute Gasteiger partial charge is 0.366 e. The van der Waals surface area contributed by atoms with Crippen LogP contribution in [0.3, 0.4) is 0 Å². The second kappa shape index (κ2) is 7.10. The maximum atomic E-state index is 11.6. The third kappa shape index (κ3) is 3.58. The average Bonchev–Trinajstić information content (AvgIpc) is 2.46. The van der Waals surface area contributed by atoms with Crippen LogP contribution in [-0.4, -0.2) is 5.91 Å². The number of amides is 1. The summed E-state index contributed by atoms with van der Waals surface area (Å²) in [5.74, 6) is 0.685. The summed E-state index contributed by atoms with van der Waals surface area (Å²) < 4.78 is 0.770. The molecular weight excluding hydrogens is 338 g/mol. The molecule has 3 heteroatoms. The lowest BCUT2D eigenvalue weighted by atomic mass is 9.86. The van der Waals surface area contributed by atoms with Gasteiger partial charge in [0, 0.05) is 4.47 Å². The minimum absolute atomic E-state index is 0.415.